The lowest BCUT2D eigenvalue weighted by Gasteiger charge is -2.30. The maximum absolute atomic E-state index is 3.59. The van der Waals surface area contributed by atoms with E-state index in [2.05, 4.69) is 55.7 Å². The molecule has 0 aliphatic carbocycles. The van der Waals surface area contributed by atoms with Gasteiger partial charge in [-0.05, 0) is 38.3 Å². The number of hydrogen-bond acceptors (Lipinski definition) is 2. The minimum atomic E-state index is 0.207. The van der Waals surface area contributed by atoms with Crippen LogP contribution in [0.5, 0.6) is 0 Å². The highest BCUT2D eigenvalue weighted by Gasteiger charge is 2.19. The quantitative estimate of drug-likeness (QED) is 0.794. The molecule has 0 aromatic heterocycles. The molecule has 0 fully saturated rings. The summed E-state index contributed by atoms with van der Waals surface area (Å²) in [5.74, 6) is 0. The fourth-order valence-electron chi connectivity index (χ4n) is 2.09. The zero-order chi connectivity index (χ0) is 11.6. The first kappa shape index (κ1) is 11.6. The molecule has 0 bridgehead atoms. The molecule has 0 saturated carbocycles. The van der Waals surface area contributed by atoms with Crippen molar-refractivity contribution in [2.24, 2.45) is 0 Å². The van der Waals surface area contributed by atoms with Crippen LogP contribution in [0, 0.1) is 0 Å². The lowest BCUT2D eigenvalue weighted by molar-refractivity contribution is 0.367. The second-order valence-corrected chi connectivity index (χ2v) is 5.68. The molecule has 2 N–H and O–H groups in total. The summed E-state index contributed by atoms with van der Waals surface area (Å²) >= 11 is 0. The Bertz CT molecular complexity index is 352. The van der Waals surface area contributed by atoms with Gasteiger partial charge in [0.2, 0.25) is 0 Å². The van der Waals surface area contributed by atoms with Crippen LogP contribution < -0.4 is 10.6 Å². The smallest absolute Gasteiger partial charge is 0.0236 e. The molecule has 16 heavy (non-hydrogen) atoms. The molecule has 1 unspecified atom stereocenters. The fraction of sp³-hybridized carbons (Fsp3) is 0.571. The molecule has 2 rings (SSSR count). The molecule has 2 nitrogen and oxygen atoms in total. The highest BCUT2D eigenvalue weighted by atomic mass is 15.0. The summed E-state index contributed by atoms with van der Waals surface area (Å²) in [4.78, 5) is 0. The van der Waals surface area contributed by atoms with Crippen molar-refractivity contribution < 1.29 is 0 Å². The van der Waals surface area contributed by atoms with Gasteiger partial charge in [0, 0.05) is 24.7 Å². The Morgan fingerprint density at radius 3 is 2.62 bits per heavy atom. The largest absolute Gasteiger partial charge is 0.311 e. The van der Waals surface area contributed by atoms with Gasteiger partial charge >= 0.3 is 0 Å². The normalized spacial score (nSPS) is 20.6. The number of hydrogen-bond donors (Lipinski definition) is 2. The van der Waals surface area contributed by atoms with Crippen LogP contribution in [-0.2, 0) is 13.0 Å². The van der Waals surface area contributed by atoms with Crippen LogP contribution in [0.15, 0.2) is 24.3 Å². The Hall–Kier alpha value is -0.860. The van der Waals surface area contributed by atoms with Gasteiger partial charge in [0.25, 0.3) is 0 Å². The zero-order valence-corrected chi connectivity index (χ0v) is 10.5. The van der Waals surface area contributed by atoms with Crippen molar-refractivity contribution in [3.63, 3.8) is 0 Å². The molecule has 1 aliphatic heterocycles. The SMILES string of the molecule is CC(C)(C)NCC1Cc2ccccc2CN1. The van der Waals surface area contributed by atoms with Crippen LogP contribution in [0.25, 0.3) is 0 Å². The van der Waals surface area contributed by atoms with Crippen molar-refractivity contribution in [3.8, 4) is 0 Å². The summed E-state index contributed by atoms with van der Waals surface area (Å²) in [7, 11) is 0. The maximum Gasteiger partial charge on any atom is 0.0236 e. The predicted molar refractivity (Wildman–Crippen MR) is 68.5 cm³/mol. The molecule has 2 heteroatoms. The van der Waals surface area contributed by atoms with E-state index < -0.39 is 0 Å². The molecule has 0 spiro atoms. The Kier molecular flexibility index (Phi) is 3.31. The van der Waals surface area contributed by atoms with Gasteiger partial charge in [0.1, 0.15) is 0 Å². The third-order valence-electron chi connectivity index (χ3n) is 3.04. The van der Waals surface area contributed by atoms with Gasteiger partial charge in [-0.25, -0.2) is 0 Å². The molecule has 1 aromatic rings. The van der Waals surface area contributed by atoms with Gasteiger partial charge in [-0.15, -0.1) is 0 Å². The monoisotopic (exact) mass is 218 g/mol. The lowest BCUT2D eigenvalue weighted by atomic mass is 9.95. The van der Waals surface area contributed by atoms with Crippen molar-refractivity contribution in [1.82, 2.24) is 10.6 Å². The van der Waals surface area contributed by atoms with E-state index in [9.17, 15) is 0 Å². The van der Waals surface area contributed by atoms with E-state index >= 15 is 0 Å². The topological polar surface area (TPSA) is 24.1 Å². The number of fused-ring (bicyclic) bond motifs is 1. The van der Waals surface area contributed by atoms with Gasteiger partial charge < -0.3 is 10.6 Å². The van der Waals surface area contributed by atoms with E-state index in [1.165, 1.54) is 11.1 Å². The van der Waals surface area contributed by atoms with Gasteiger partial charge in [-0.2, -0.15) is 0 Å². The molecule has 1 aliphatic rings. The average Bonchev–Trinajstić information content (AvgIpc) is 2.25. The minimum Gasteiger partial charge on any atom is -0.311 e. The van der Waals surface area contributed by atoms with Gasteiger partial charge in [0.05, 0.1) is 0 Å². The molecule has 1 aromatic carbocycles. The van der Waals surface area contributed by atoms with Crippen molar-refractivity contribution >= 4 is 0 Å². The van der Waals surface area contributed by atoms with E-state index in [0.717, 1.165) is 19.5 Å². The van der Waals surface area contributed by atoms with E-state index in [-0.39, 0.29) is 5.54 Å². The standard InChI is InChI=1S/C14H22N2/c1-14(2,3)16-10-13-8-11-6-4-5-7-12(11)9-15-13/h4-7,13,15-16H,8-10H2,1-3H3. The number of nitrogens with one attached hydrogen (secondary N) is 2. The van der Waals surface area contributed by atoms with Crippen LogP contribution in [-0.4, -0.2) is 18.1 Å². The number of benzene rings is 1. The molecular weight excluding hydrogens is 196 g/mol. The van der Waals surface area contributed by atoms with Gasteiger partial charge in [0.15, 0.2) is 0 Å². The van der Waals surface area contributed by atoms with E-state index in [1.807, 2.05) is 0 Å². The highest BCUT2D eigenvalue weighted by molar-refractivity contribution is 5.29. The average molecular weight is 218 g/mol. The highest BCUT2D eigenvalue weighted by Crippen LogP contribution is 2.16. The molecule has 0 radical (unpaired) electrons. The summed E-state index contributed by atoms with van der Waals surface area (Å²) in [6.45, 7) is 8.68. The maximum atomic E-state index is 3.59. The molecule has 1 atom stereocenters. The minimum absolute atomic E-state index is 0.207. The Balaban J connectivity index is 1.93. The van der Waals surface area contributed by atoms with Crippen LogP contribution in [0.4, 0.5) is 0 Å². The Morgan fingerprint density at radius 2 is 1.94 bits per heavy atom. The Labute approximate surface area is 98.4 Å². The van der Waals surface area contributed by atoms with Crippen molar-refractivity contribution in [2.45, 2.75) is 45.3 Å². The molecule has 0 amide bonds. The fourth-order valence-corrected chi connectivity index (χ4v) is 2.09. The summed E-state index contributed by atoms with van der Waals surface area (Å²) in [5, 5.41) is 7.15. The van der Waals surface area contributed by atoms with Crippen molar-refractivity contribution in [3.05, 3.63) is 35.4 Å². The second-order valence-electron chi connectivity index (χ2n) is 5.68. The summed E-state index contributed by atoms with van der Waals surface area (Å²) < 4.78 is 0. The van der Waals surface area contributed by atoms with Crippen LogP contribution in [0.1, 0.15) is 31.9 Å². The van der Waals surface area contributed by atoms with Crippen molar-refractivity contribution in [2.75, 3.05) is 6.54 Å². The third-order valence-corrected chi connectivity index (χ3v) is 3.04. The van der Waals surface area contributed by atoms with Crippen LogP contribution in [0.3, 0.4) is 0 Å². The summed E-state index contributed by atoms with van der Waals surface area (Å²) in [6.07, 6.45) is 1.14. The summed E-state index contributed by atoms with van der Waals surface area (Å²) in [5.41, 5.74) is 3.16. The zero-order valence-electron chi connectivity index (χ0n) is 10.5. The first-order valence-electron chi connectivity index (χ1n) is 6.10. The molecule has 88 valence electrons. The van der Waals surface area contributed by atoms with Crippen molar-refractivity contribution in [1.29, 1.82) is 0 Å². The van der Waals surface area contributed by atoms with E-state index in [0.29, 0.717) is 6.04 Å². The molecule has 1 heterocycles. The first-order chi connectivity index (χ1) is 7.54. The van der Waals surface area contributed by atoms with Crippen LogP contribution in [0.2, 0.25) is 0 Å². The first-order valence-corrected chi connectivity index (χ1v) is 6.10. The third kappa shape index (κ3) is 3.06. The van der Waals surface area contributed by atoms with Gasteiger partial charge in [-0.1, -0.05) is 24.3 Å². The van der Waals surface area contributed by atoms with Gasteiger partial charge in [-0.3, -0.25) is 0 Å². The second kappa shape index (κ2) is 4.56. The van der Waals surface area contributed by atoms with E-state index in [4.69, 9.17) is 0 Å². The van der Waals surface area contributed by atoms with Crippen LogP contribution >= 0.6 is 0 Å². The number of rotatable bonds is 2. The molecular formula is C14H22N2. The molecule has 0 saturated heterocycles. The summed E-state index contributed by atoms with van der Waals surface area (Å²) in [6, 6.07) is 9.29. The Morgan fingerprint density at radius 1 is 1.25 bits per heavy atom. The lowest BCUT2D eigenvalue weighted by Crippen LogP contribution is -2.48. The van der Waals surface area contributed by atoms with E-state index in [1.54, 1.807) is 0 Å². The predicted octanol–water partition coefficient (Wildman–Crippen LogP) is 2.09.